The van der Waals surface area contributed by atoms with Crippen LogP contribution in [0.4, 0.5) is 5.69 Å². The van der Waals surface area contributed by atoms with Crippen molar-refractivity contribution in [1.29, 1.82) is 0 Å². The fourth-order valence-electron chi connectivity index (χ4n) is 1.99. The summed E-state index contributed by atoms with van der Waals surface area (Å²) in [6.07, 6.45) is 4.74. The number of pyridine rings is 1. The molecule has 0 unspecified atom stereocenters. The van der Waals surface area contributed by atoms with Gasteiger partial charge in [0.2, 0.25) is 0 Å². The van der Waals surface area contributed by atoms with Gasteiger partial charge < -0.3 is 10.6 Å². The van der Waals surface area contributed by atoms with Crippen LogP contribution in [-0.4, -0.2) is 10.1 Å². The van der Waals surface area contributed by atoms with Crippen molar-refractivity contribution in [2.75, 3.05) is 5.32 Å². The standard InChI is InChI=1S/C17H21N3S/c1-3-13(2)15-6-8-16(9-7-15)20-17(21)19-12-14-5-4-10-18-11-14/h4-11,13H,3,12H2,1-2H3,(H2,19,20,21)/t13-/m0/s1. The van der Waals surface area contributed by atoms with Crippen molar-refractivity contribution in [1.82, 2.24) is 10.3 Å². The molecular formula is C17H21N3S. The summed E-state index contributed by atoms with van der Waals surface area (Å²) in [5, 5.41) is 6.99. The first kappa shape index (κ1) is 15.4. The summed E-state index contributed by atoms with van der Waals surface area (Å²) >= 11 is 5.30. The zero-order valence-electron chi connectivity index (χ0n) is 12.5. The van der Waals surface area contributed by atoms with Gasteiger partial charge in [-0.15, -0.1) is 0 Å². The average Bonchev–Trinajstić information content (AvgIpc) is 2.54. The number of nitrogens with zero attached hydrogens (tertiary/aromatic N) is 1. The molecule has 2 rings (SSSR count). The van der Waals surface area contributed by atoms with Crippen LogP contribution in [0.2, 0.25) is 0 Å². The Morgan fingerprint density at radius 1 is 1.24 bits per heavy atom. The van der Waals surface area contributed by atoms with Gasteiger partial charge in [-0.25, -0.2) is 0 Å². The van der Waals surface area contributed by atoms with Crippen molar-refractivity contribution in [3.63, 3.8) is 0 Å². The summed E-state index contributed by atoms with van der Waals surface area (Å²) in [6.45, 7) is 5.11. The quantitative estimate of drug-likeness (QED) is 0.816. The zero-order chi connectivity index (χ0) is 15.1. The van der Waals surface area contributed by atoms with Gasteiger partial charge in [0.1, 0.15) is 0 Å². The van der Waals surface area contributed by atoms with Crippen molar-refractivity contribution in [2.45, 2.75) is 32.7 Å². The zero-order valence-corrected chi connectivity index (χ0v) is 13.3. The van der Waals surface area contributed by atoms with Gasteiger partial charge in [-0.05, 0) is 53.9 Å². The molecule has 1 aromatic heterocycles. The highest BCUT2D eigenvalue weighted by atomic mass is 32.1. The third-order valence-corrected chi connectivity index (χ3v) is 3.77. The van der Waals surface area contributed by atoms with Crippen molar-refractivity contribution in [3.8, 4) is 0 Å². The minimum Gasteiger partial charge on any atom is -0.358 e. The Morgan fingerprint density at radius 2 is 2.00 bits per heavy atom. The van der Waals surface area contributed by atoms with Crippen LogP contribution in [0.25, 0.3) is 0 Å². The Labute approximate surface area is 131 Å². The number of rotatable bonds is 5. The number of hydrogen-bond acceptors (Lipinski definition) is 2. The van der Waals surface area contributed by atoms with Gasteiger partial charge in [-0.2, -0.15) is 0 Å². The second-order valence-electron chi connectivity index (χ2n) is 5.10. The molecule has 3 nitrogen and oxygen atoms in total. The maximum atomic E-state index is 5.30. The predicted molar refractivity (Wildman–Crippen MR) is 92.4 cm³/mol. The summed E-state index contributed by atoms with van der Waals surface area (Å²) in [5.41, 5.74) is 3.47. The van der Waals surface area contributed by atoms with Gasteiger partial charge in [-0.3, -0.25) is 4.98 Å². The molecule has 0 amide bonds. The maximum Gasteiger partial charge on any atom is 0.171 e. The smallest absolute Gasteiger partial charge is 0.171 e. The molecule has 0 aliphatic rings. The number of aromatic nitrogens is 1. The van der Waals surface area contributed by atoms with Gasteiger partial charge in [0.15, 0.2) is 5.11 Å². The van der Waals surface area contributed by atoms with E-state index >= 15 is 0 Å². The van der Waals surface area contributed by atoms with E-state index in [9.17, 15) is 0 Å². The van der Waals surface area contributed by atoms with Crippen molar-refractivity contribution < 1.29 is 0 Å². The largest absolute Gasteiger partial charge is 0.358 e. The topological polar surface area (TPSA) is 37.0 Å². The van der Waals surface area contributed by atoms with Crippen molar-refractivity contribution >= 4 is 23.0 Å². The van der Waals surface area contributed by atoms with Crippen LogP contribution in [-0.2, 0) is 6.54 Å². The van der Waals surface area contributed by atoms with Gasteiger partial charge >= 0.3 is 0 Å². The Hall–Kier alpha value is -1.94. The van der Waals surface area contributed by atoms with Crippen molar-refractivity contribution in [3.05, 3.63) is 59.9 Å². The Kier molecular flexibility index (Phi) is 5.69. The lowest BCUT2D eigenvalue weighted by Crippen LogP contribution is -2.27. The lowest BCUT2D eigenvalue weighted by molar-refractivity contribution is 0.734. The first-order chi connectivity index (χ1) is 10.2. The predicted octanol–water partition coefficient (Wildman–Crippen LogP) is 4.08. The molecule has 0 fully saturated rings. The molecular weight excluding hydrogens is 278 g/mol. The van der Waals surface area contributed by atoms with E-state index in [2.05, 4.69) is 53.7 Å². The van der Waals surface area contributed by atoms with E-state index < -0.39 is 0 Å². The summed E-state index contributed by atoms with van der Waals surface area (Å²) < 4.78 is 0. The molecule has 0 radical (unpaired) electrons. The number of hydrogen-bond donors (Lipinski definition) is 2. The molecule has 1 atom stereocenters. The second kappa shape index (κ2) is 7.74. The SMILES string of the molecule is CC[C@H](C)c1ccc(NC(=S)NCc2cccnc2)cc1. The molecule has 21 heavy (non-hydrogen) atoms. The van der Waals surface area contributed by atoms with Gasteiger partial charge in [-0.1, -0.05) is 32.0 Å². The fraction of sp³-hybridized carbons (Fsp3) is 0.294. The molecule has 0 aliphatic carbocycles. The average molecular weight is 299 g/mol. The number of anilines is 1. The lowest BCUT2D eigenvalue weighted by atomic mass is 9.99. The first-order valence-electron chi connectivity index (χ1n) is 7.22. The highest BCUT2D eigenvalue weighted by Crippen LogP contribution is 2.20. The third-order valence-electron chi connectivity index (χ3n) is 3.53. The Balaban J connectivity index is 1.85. The number of thiocarbonyl (C=S) groups is 1. The molecule has 1 heterocycles. The molecule has 2 N–H and O–H groups in total. The number of benzene rings is 1. The van der Waals surface area contributed by atoms with Crippen LogP contribution in [0, 0.1) is 0 Å². The van der Waals surface area contributed by atoms with E-state index in [1.165, 1.54) is 5.56 Å². The first-order valence-corrected chi connectivity index (χ1v) is 7.63. The molecule has 0 spiro atoms. The molecule has 110 valence electrons. The molecule has 4 heteroatoms. The summed E-state index contributed by atoms with van der Waals surface area (Å²) in [4.78, 5) is 4.08. The van der Waals surface area contributed by atoms with E-state index in [-0.39, 0.29) is 0 Å². The maximum absolute atomic E-state index is 5.30. The monoisotopic (exact) mass is 299 g/mol. The molecule has 1 aromatic carbocycles. The van der Waals surface area contributed by atoms with Crippen LogP contribution in [0.5, 0.6) is 0 Å². The number of nitrogens with one attached hydrogen (secondary N) is 2. The van der Waals surface area contributed by atoms with Gasteiger partial charge in [0.25, 0.3) is 0 Å². The van der Waals surface area contributed by atoms with E-state index in [1.54, 1.807) is 6.20 Å². The lowest BCUT2D eigenvalue weighted by Gasteiger charge is -2.12. The van der Waals surface area contributed by atoms with Crippen LogP contribution < -0.4 is 10.6 Å². The van der Waals surface area contributed by atoms with E-state index in [4.69, 9.17) is 12.2 Å². The van der Waals surface area contributed by atoms with Crippen LogP contribution >= 0.6 is 12.2 Å². The molecule has 0 saturated heterocycles. The summed E-state index contributed by atoms with van der Waals surface area (Å²) in [7, 11) is 0. The van der Waals surface area contributed by atoms with E-state index in [1.807, 2.05) is 18.3 Å². The molecule has 0 aliphatic heterocycles. The minimum atomic E-state index is 0.592. The normalized spacial score (nSPS) is 11.7. The van der Waals surface area contributed by atoms with E-state index in [0.717, 1.165) is 17.7 Å². The second-order valence-corrected chi connectivity index (χ2v) is 5.51. The van der Waals surface area contributed by atoms with Crippen LogP contribution in [0.3, 0.4) is 0 Å². The van der Waals surface area contributed by atoms with Gasteiger partial charge in [0.05, 0.1) is 0 Å². The van der Waals surface area contributed by atoms with Crippen LogP contribution in [0.15, 0.2) is 48.8 Å². The highest BCUT2D eigenvalue weighted by molar-refractivity contribution is 7.80. The summed E-state index contributed by atoms with van der Waals surface area (Å²) in [6, 6.07) is 12.4. The molecule has 0 bridgehead atoms. The molecule has 2 aromatic rings. The Bertz CT molecular complexity index is 566. The van der Waals surface area contributed by atoms with Crippen LogP contribution in [0.1, 0.15) is 37.3 Å². The molecule has 0 saturated carbocycles. The van der Waals surface area contributed by atoms with Crippen molar-refractivity contribution in [2.24, 2.45) is 0 Å². The minimum absolute atomic E-state index is 0.592. The fourth-order valence-corrected chi connectivity index (χ4v) is 2.18. The van der Waals surface area contributed by atoms with Gasteiger partial charge in [0, 0.05) is 24.6 Å². The third kappa shape index (κ3) is 4.83. The summed E-state index contributed by atoms with van der Waals surface area (Å²) in [5.74, 6) is 0.592. The van der Waals surface area contributed by atoms with E-state index in [0.29, 0.717) is 17.6 Å². The Morgan fingerprint density at radius 3 is 2.62 bits per heavy atom. The highest BCUT2D eigenvalue weighted by Gasteiger charge is 2.03.